The number of nitrogens with one attached hydrogen (secondary N) is 1. The van der Waals surface area contributed by atoms with Crippen molar-refractivity contribution < 1.29 is 9.59 Å². The Balaban J connectivity index is 1.41. The average Bonchev–Trinajstić information content (AvgIpc) is 3.59. The number of aromatic nitrogens is 4. The van der Waals surface area contributed by atoms with Crippen LogP contribution in [0.15, 0.2) is 54.2 Å². The SMILES string of the molecule is CCn1ccc(C(=O)N2CC[C@@H](c3cc(C(=O)Nc4nccs4)c4ccccc4n3)C2)n1. The van der Waals surface area contributed by atoms with Gasteiger partial charge in [-0.25, -0.2) is 4.98 Å². The van der Waals surface area contributed by atoms with Crippen molar-refractivity contribution in [1.82, 2.24) is 24.6 Å². The number of pyridine rings is 1. The van der Waals surface area contributed by atoms with Crippen molar-refractivity contribution in [2.45, 2.75) is 25.8 Å². The number of rotatable bonds is 5. The zero-order valence-electron chi connectivity index (χ0n) is 17.6. The predicted octanol–water partition coefficient (Wildman–Crippen LogP) is 3.79. The van der Waals surface area contributed by atoms with Gasteiger partial charge in [-0.1, -0.05) is 18.2 Å². The Bertz CT molecular complexity index is 1280. The van der Waals surface area contributed by atoms with Crippen LogP contribution in [0.3, 0.4) is 0 Å². The second-order valence-corrected chi connectivity index (χ2v) is 8.59. The molecule has 1 aromatic carbocycles. The van der Waals surface area contributed by atoms with Crippen molar-refractivity contribution >= 4 is 39.2 Å². The lowest BCUT2D eigenvalue weighted by atomic mass is 9.99. The lowest BCUT2D eigenvalue weighted by Gasteiger charge is -2.16. The number of hydrogen-bond donors (Lipinski definition) is 1. The van der Waals surface area contributed by atoms with Crippen molar-refractivity contribution in [1.29, 1.82) is 0 Å². The van der Waals surface area contributed by atoms with E-state index in [0.29, 0.717) is 29.5 Å². The minimum Gasteiger partial charge on any atom is -0.337 e. The molecule has 162 valence electrons. The largest absolute Gasteiger partial charge is 0.337 e. The lowest BCUT2D eigenvalue weighted by molar-refractivity contribution is 0.0783. The van der Waals surface area contributed by atoms with Gasteiger partial charge in [0.05, 0.1) is 11.1 Å². The Morgan fingerprint density at radius 3 is 2.91 bits per heavy atom. The summed E-state index contributed by atoms with van der Waals surface area (Å²) in [5.41, 5.74) is 2.61. The lowest BCUT2D eigenvalue weighted by Crippen LogP contribution is -2.29. The quantitative estimate of drug-likeness (QED) is 0.503. The van der Waals surface area contributed by atoms with Gasteiger partial charge >= 0.3 is 0 Å². The molecule has 3 aromatic heterocycles. The van der Waals surface area contributed by atoms with Crippen LogP contribution in [-0.2, 0) is 6.54 Å². The van der Waals surface area contributed by atoms with Crippen LogP contribution in [0.1, 0.15) is 45.8 Å². The summed E-state index contributed by atoms with van der Waals surface area (Å²) in [6.07, 6.45) is 4.27. The maximum atomic E-state index is 13.0. The number of fused-ring (bicyclic) bond motifs is 1. The molecule has 0 unspecified atom stereocenters. The topological polar surface area (TPSA) is 93.0 Å². The van der Waals surface area contributed by atoms with Gasteiger partial charge in [-0.3, -0.25) is 24.6 Å². The molecule has 2 amide bonds. The first-order chi connectivity index (χ1) is 15.6. The van der Waals surface area contributed by atoms with Gasteiger partial charge in [0, 0.05) is 54.4 Å². The van der Waals surface area contributed by atoms with Crippen molar-refractivity contribution in [2.75, 3.05) is 18.4 Å². The second kappa shape index (κ2) is 8.51. The molecule has 0 saturated carbocycles. The molecule has 5 rings (SSSR count). The molecular weight excluding hydrogens is 424 g/mol. The van der Waals surface area contributed by atoms with Crippen LogP contribution in [0.4, 0.5) is 5.13 Å². The summed E-state index contributed by atoms with van der Waals surface area (Å²) < 4.78 is 1.75. The van der Waals surface area contributed by atoms with Crippen molar-refractivity contribution in [2.24, 2.45) is 0 Å². The number of nitrogens with zero attached hydrogens (tertiary/aromatic N) is 5. The number of thiazole rings is 1. The molecule has 4 aromatic rings. The van der Waals surface area contributed by atoms with Gasteiger partial charge in [-0.05, 0) is 31.5 Å². The number of aryl methyl sites for hydroxylation is 1. The van der Waals surface area contributed by atoms with Crippen molar-refractivity contribution in [3.63, 3.8) is 0 Å². The number of anilines is 1. The number of para-hydroxylation sites is 1. The van der Waals surface area contributed by atoms with Gasteiger partial charge in [0.1, 0.15) is 5.69 Å². The molecule has 1 aliphatic heterocycles. The van der Waals surface area contributed by atoms with E-state index in [-0.39, 0.29) is 17.7 Å². The fourth-order valence-electron chi connectivity index (χ4n) is 4.04. The normalized spacial score (nSPS) is 15.9. The maximum Gasteiger partial charge on any atom is 0.274 e. The first kappa shape index (κ1) is 20.3. The first-order valence-electron chi connectivity index (χ1n) is 10.6. The fourth-order valence-corrected chi connectivity index (χ4v) is 4.57. The van der Waals surface area contributed by atoms with E-state index in [1.54, 1.807) is 16.9 Å². The van der Waals surface area contributed by atoms with E-state index in [1.807, 2.05) is 53.7 Å². The minimum atomic E-state index is -0.212. The third kappa shape index (κ3) is 3.87. The zero-order valence-corrected chi connectivity index (χ0v) is 18.4. The number of amides is 2. The molecule has 1 N–H and O–H groups in total. The van der Waals surface area contributed by atoms with Crippen molar-refractivity contribution in [3.8, 4) is 0 Å². The Labute approximate surface area is 188 Å². The Morgan fingerprint density at radius 1 is 1.25 bits per heavy atom. The van der Waals surface area contributed by atoms with Crippen LogP contribution in [-0.4, -0.2) is 49.6 Å². The van der Waals surface area contributed by atoms with Crippen LogP contribution >= 0.6 is 11.3 Å². The molecule has 1 fully saturated rings. The van der Waals surface area contributed by atoms with Crippen LogP contribution < -0.4 is 5.32 Å². The molecule has 1 aliphatic rings. The van der Waals surface area contributed by atoms with E-state index in [9.17, 15) is 9.59 Å². The number of benzene rings is 1. The van der Waals surface area contributed by atoms with Gasteiger partial charge < -0.3 is 4.90 Å². The number of carbonyl (C=O) groups is 2. The molecule has 1 atom stereocenters. The average molecular weight is 447 g/mol. The Kier molecular flexibility index (Phi) is 5.40. The summed E-state index contributed by atoms with van der Waals surface area (Å²) >= 11 is 1.38. The van der Waals surface area contributed by atoms with Crippen LogP contribution in [0.25, 0.3) is 10.9 Å². The summed E-state index contributed by atoms with van der Waals surface area (Å²) in [4.78, 5) is 36.7. The first-order valence-corrected chi connectivity index (χ1v) is 11.4. The molecule has 32 heavy (non-hydrogen) atoms. The van der Waals surface area contributed by atoms with Crippen molar-refractivity contribution in [3.05, 3.63) is 71.1 Å². The fraction of sp³-hybridized carbons (Fsp3) is 0.261. The summed E-state index contributed by atoms with van der Waals surface area (Å²) in [6.45, 7) is 3.90. The molecule has 0 bridgehead atoms. The van der Waals surface area contributed by atoms with Crippen LogP contribution in [0, 0.1) is 0 Å². The molecule has 8 nitrogen and oxygen atoms in total. The highest BCUT2D eigenvalue weighted by atomic mass is 32.1. The summed E-state index contributed by atoms with van der Waals surface area (Å²) in [6, 6.07) is 11.2. The highest BCUT2D eigenvalue weighted by molar-refractivity contribution is 7.13. The number of hydrogen-bond acceptors (Lipinski definition) is 6. The Hall–Kier alpha value is -3.59. The molecule has 0 spiro atoms. The number of carbonyl (C=O) groups excluding carboxylic acids is 2. The predicted molar refractivity (Wildman–Crippen MR) is 123 cm³/mol. The smallest absolute Gasteiger partial charge is 0.274 e. The zero-order chi connectivity index (χ0) is 22.1. The molecule has 1 saturated heterocycles. The molecule has 4 heterocycles. The Morgan fingerprint density at radius 2 is 2.12 bits per heavy atom. The summed E-state index contributed by atoms with van der Waals surface area (Å²) in [5, 5.41) is 10.4. The third-order valence-electron chi connectivity index (χ3n) is 5.71. The second-order valence-electron chi connectivity index (χ2n) is 7.70. The molecular formula is C23H22N6O2S. The van der Waals surface area contributed by atoms with Crippen LogP contribution in [0.2, 0.25) is 0 Å². The van der Waals surface area contributed by atoms with Crippen LogP contribution in [0.5, 0.6) is 0 Å². The van der Waals surface area contributed by atoms with E-state index < -0.39 is 0 Å². The van der Waals surface area contributed by atoms with Gasteiger partial charge in [0.15, 0.2) is 5.13 Å². The standard InChI is InChI=1S/C23H22N6O2S/c1-2-29-11-8-19(27-29)22(31)28-10-7-15(14-28)20-13-17(16-5-3-4-6-18(16)25-20)21(30)26-23-24-9-12-32-23/h3-6,8-9,11-13,15H,2,7,10,14H2,1H3,(H,24,26,30)/t15-/m1/s1. The van der Waals surface area contributed by atoms with Gasteiger partial charge in [0.2, 0.25) is 0 Å². The van der Waals surface area contributed by atoms with Gasteiger partial charge in [-0.2, -0.15) is 5.10 Å². The minimum absolute atomic E-state index is 0.0585. The summed E-state index contributed by atoms with van der Waals surface area (Å²) in [7, 11) is 0. The highest BCUT2D eigenvalue weighted by Crippen LogP contribution is 2.30. The maximum absolute atomic E-state index is 13.0. The molecule has 0 radical (unpaired) electrons. The van der Waals surface area contributed by atoms with E-state index in [2.05, 4.69) is 15.4 Å². The van der Waals surface area contributed by atoms with E-state index in [4.69, 9.17) is 4.98 Å². The highest BCUT2D eigenvalue weighted by Gasteiger charge is 2.30. The number of likely N-dealkylation sites (tertiary alicyclic amines) is 1. The van der Waals surface area contributed by atoms with E-state index in [0.717, 1.165) is 29.6 Å². The monoisotopic (exact) mass is 446 g/mol. The molecule has 9 heteroatoms. The third-order valence-corrected chi connectivity index (χ3v) is 6.40. The summed E-state index contributed by atoms with van der Waals surface area (Å²) in [5.74, 6) is -0.221. The van der Waals surface area contributed by atoms with E-state index >= 15 is 0 Å². The van der Waals surface area contributed by atoms with E-state index in [1.165, 1.54) is 11.3 Å². The molecule has 0 aliphatic carbocycles. The van der Waals surface area contributed by atoms with Gasteiger partial charge in [-0.15, -0.1) is 11.3 Å². The van der Waals surface area contributed by atoms with Gasteiger partial charge in [0.25, 0.3) is 11.8 Å².